The number of carbonyl (C=O) groups is 1. The van der Waals surface area contributed by atoms with Crippen LogP contribution in [-0.4, -0.2) is 20.7 Å². The molecule has 0 spiro atoms. The first-order chi connectivity index (χ1) is 9.04. The van der Waals surface area contributed by atoms with Crippen molar-refractivity contribution in [1.82, 2.24) is 9.55 Å². The van der Waals surface area contributed by atoms with Gasteiger partial charge >= 0.3 is 0 Å². The van der Waals surface area contributed by atoms with Crippen LogP contribution in [0.1, 0.15) is 6.92 Å². The number of aromatic nitrogens is 2. The second-order valence-corrected chi connectivity index (χ2v) is 6.12. The fourth-order valence-electron chi connectivity index (χ4n) is 1.52. The Labute approximate surface area is 118 Å². The molecule has 2 N–H and O–H groups in total. The third-order valence-corrected chi connectivity index (χ3v) is 4.53. The number of carbonyl (C=O) groups excluding carboxylic acids is 1. The van der Waals surface area contributed by atoms with Crippen molar-refractivity contribution in [3.8, 4) is 0 Å². The molecule has 0 unspecified atom stereocenters. The van der Waals surface area contributed by atoms with Crippen LogP contribution in [0.2, 0.25) is 0 Å². The summed E-state index contributed by atoms with van der Waals surface area (Å²) >= 11 is 2.54. The number of thioether (sulfide) groups is 1. The fraction of sp³-hybridized carbons (Fsp3) is 0.250. The SMILES string of the molecule is C=CCn1c(S[C@@H](C)C(N)=O)nc2ccsc2c1=O. The average molecular weight is 295 g/mol. The zero-order chi connectivity index (χ0) is 14.0. The molecule has 0 aliphatic heterocycles. The van der Waals surface area contributed by atoms with Crippen molar-refractivity contribution in [2.75, 3.05) is 0 Å². The van der Waals surface area contributed by atoms with E-state index in [0.717, 1.165) is 0 Å². The summed E-state index contributed by atoms with van der Waals surface area (Å²) in [5.74, 6) is -0.435. The van der Waals surface area contributed by atoms with Crippen molar-refractivity contribution in [3.63, 3.8) is 0 Å². The lowest BCUT2D eigenvalue weighted by molar-refractivity contribution is -0.117. The average Bonchev–Trinajstić information content (AvgIpc) is 2.82. The third kappa shape index (κ3) is 2.71. The van der Waals surface area contributed by atoms with Crippen LogP contribution in [0.15, 0.2) is 34.1 Å². The monoisotopic (exact) mass is 295 g/mol. The molecule has 1 amide bonds. The van der Waals surface area contributed by atoms with Gasteiger partial charge in [-0.1, -0.05) is 17.8 Å². The van der Waals surface area contributed by atoms with Gasteiger partial charge in [0, 0.05) is 6.54 Å². The molecular weight excluding hydrogens is 282 g/mol. The van der Waals surface area contributed by atoms with Crippen molar-refractivity contribution in [2.24, 2.45) is 5.73 Å². The van der Waals surface area contributed by atoms with Crippen LogP contribution < -0.4 is 11.3 Å². The highest BCUT2D eigenvalue weighted by atomic mass is 32.2. The van der Waals surface area contributed by atoms with Gasteiger partial charge in [-0.05, 0) is 18.4 Å². The van der Waals surface area contributed by atoms with Gasteiger partial charge in [0.15, 0.2) is 5.16 Å². The standard InChI is InChI=1S/C12H13N3O2S2/c1-3-5-15-11(17)9-8(4-6-18-9)14-12(15)19-7(2)10(13)16/h3-4,6-7H,1,5H2,2H3,(H2,13,16)/t7-/m0/s1. The summed E-state index contributed by atoms with van der Waals surface area (Å²) in [5, 5.41) is 1.87. The molecule has 100 valence electrons. The third-order valence-electron chi connectivity index (χ3n) is 2.53. The smallest absolute Gasteiger partial charge is 0.272 e. The Hall–Kier alpha value is -1.60. The van der Waals surface area contributed by atoms with Crippen molar-refractivity contribution < 1.29 is 4.79 Å². The predicted octanol–water partition coefficient (Wildman–Crippen LogP) is 1.61. The summed E-state index contributed by atoms with van der Waals surface area (Å²) in [6.07, 6.45) is 1.63. The van der Waals surface area contributed by atoms with E-state index in [2.05, 4.69) is 11.6 Å². The van der Waals surface area contributed by atoms with Crippen LogP contribution in [0.25, 0.3) is 10.2 Å². The number of primary amides is 1. The van der Waals surface area contributed by atoms with E-state index < -0.39 is 11.2 Å². The Bertz CT molecular complexity index is 690. The van der Waals surface area contributed by atoms with Crippen LogP contribution in [-0.2, 0) is 11.3 Å². The number of amides is 1. The molecule has 0 radical (unpaired) electrons. The molecule has 2 aromatic heterocycles. The Morgan fingerprint density at radius 1 is 1.74 bits per heavy atom. The summed E-state index contributed by atoms with van der Waals surface area (Å²) in [6, 6.07) is 1.79. The summed E-state index contributed by atoms with van der Waals surface area (Å²) in [5.41, 5.74) is 5.78. The molecule has 0 saturated heterocycles. The van der Waals surface area contributed by atoms with Gasteiger partial charge in [0.05, 0.1) is 10.8 Å². The van der Waals surface area contributed by atoms with Gasteiger partial charge in [-0.3, -0.25) is 14.2 Å². The van der Waals surface area contributed by atoms with E-state index in [1.807, 2.05) is 5.38 Å². The van der Waals surface area contributed by atoms with E-state index in [1.54, 1.807) is 19.1 Å². The number of fused-ring (bicyclic) bond motifs is 1. The number of nitrogens with two attached hydrogens (primary N) is 1. The largest absolute Gasteiger partial charge is 0.369 e. The first-order valence-electron chi connectivity index (χ1n) is 5.59. The highest BCUT2D eigenvalue weighted by molar-refractivity contribution is 8.00. The predicted molar refractivity (Wildman–Crippen MR) is 78.6 cm³/mol. The second-order valence-electron chi connectivity index (χ2n) is 3.90. The quantitative estimate of drug-likeness (QED) is 0.516. The van der Waals surface area contributed by atoms with Gasteiger partial charge in [0.2, 0.25) is 5.91 Å². The van der Waals surface area contributed by atoms with Gasteiger partial charge in [-0.2, -0.15) is 0 Å². The van der Waals surface area contributed by atoms with Crippen LogP contribution in [0.3, 0.4) is 0 Å². The van der Waals surface area contributed by atoms with Gasteiger partial charge < -0.3 is 5.73 Å². The summed E-state index contributed by atoms with van der Waals surface area (Å²) < 4.78 is 2.12. The minimum absolute atomic E-state index is 0.112. The van der Waals surface area contributed by atoms with E-state index in [4.69, 9.17) is 5.73 Å². The molecule has 0 bridgehead atoms. The van der Waals surface area contributed by atoms with E-state index in [1.165, 1.54) is 27.7 Å². The normalized spacial score (nSPS) is 12.5. The maximum absolute atomic E-state index is 12.3. The molecule has 0 fully saturated rings. The molecular formula is C12H13N3O2S2. The molecule has 0 aliphatic rings. The summed E-state index contributed by atoms with van der Waals surface area (Å²) in [4.78, 5) is 27.9. The molecule has 0 aromatic carbocycles. The van der Waals surface area contributed by atoms with Crippen LogP contribution >= 0.6 is 23.1 Å². The van der Waals surface area contributed by atoms with Crippen molar-refractivity contribution in [3.05, 3.63) is 34.5 Å². The molecule has 19 heavy (non-hydrogen) atoms. The Morgan fingerprint density at radius 3 is 3.11 bits per heavy atom. The van der Waals surface area contributed by atoms with Crippen molar-refractivity contribution >= 4 is 39.2 Å². The van der Waals surface area contributed by atoms with Gasteiger partial charge in [0.25, 0.3) is 5.56 Å². The number of rotatable bonds is 5. The minimum atomic E-state index is -0.445. The van der Waals surface area contributed by atoms with E-state index in [9.17, 15) is 9.59 Å². The molecule has 2 rings (SSSR count). The first kappa shape index (κ1) is 13.8. The second kappa shape index (κ2) is 5.58. The molecule has 2 aromatic rings. The van der Waals surface area contributed by atoms with Gasteiger partial charge in [-0.25, -0.2) is 4.98 Å². The molecule has 7 heteroatoms. The maximum atomic E-state index is 12.3. The Kier molecular flexibility index (Phi) is 4.06. The Morgan fingerprint density at radius 2 is 2.47 bits per heavy atom. The zero-order valence-electron chi connectivity index (χ0n) is 10.3. The number of hydrogen-bond donors (Lipinski definition) is 1. The number of nitrogens with zero attached hydrogens (tertiary/aromatic N) is 2. The summed E-state index contributed by atoms with van der Waals surface area (Å²) in [7, 11) is 0. The van der Waals surface area contributed by atoms with E-state index in [-0.39, 0.29) is 5.56 Å². The number of thiophene rings is 1. The molecule has 5 nitrogen and oxygen atoms in total. The lowest BCUT2D eigenvalue weighted by Crippen LogP contribution is -2.26. The maximum Gasteiger partial charge on any atom is 0.272 e. The van der Waals surface area contributed by atoms with E-state index >= 15 is 0 Å². The Balaban J connectivity index is 2.56. The van der Waals surface area contributed by atoms with Crippen LogP contribution in [0, 0.1) is 0 Å². The highest BCUT2D eigenvalue weighted by Gasteiger charge is 2.17. The van der Waals surface area contributed by atoms with E-state index in [0.29, 0.717) is 21.9 Å². The first-order valence-corrected chi connectivity index (χ1v) is 7.35. The fourth-order valence-corrected chi connectivity index (χ4v) is 3.17. The topological polar surface area (TPSA) is 78.0 Å². The molecule has 0 aliphatic carbocycles. The zero-order valence-corrected chi connectivity index (χ0v) is 12.0. The lowest BCUT2D eigenvalue weighted by Gasteiger charge is -2.12. The van der Waals surface area contributed by atoms with Crippen LogP contribution in [0.5, 0.6) is 0 Å². The van der Waals surface area contributed by atoms with Crippen molar-refractivity contribution in [1.29, 1.82) is 0 Å². The van der Waals surface area contributed by atoms with Gasteiger partial charge in [-0.15, -0.1) is 17.9 Å². The van der Waals surface area contributed by atoms with Crippen molar-refractivity contribution in [2.45, 2.75) is 23.9 Å². The summed E-state index contributed by atoms with van der Waals surface area (Å²) in [6.45, 7) is 5.68. The van der Waals surface area contributed by atoms with Gasteiger partial charge in [0.1, 0.15) is 4.70 Å². The number of hydrogen-bond acceptors (Lipinski definition) is 5. The highest BCUT2D eigenvalue weighted by Crippen LogP contribution is 2.24. The lowest BCUT2D eigenvalue weighted by atomic mass is 10.4. The number of allylic oxidation sites excluding steroid dienone is 1. The minimum Gasteiger partial charge on any atom is -0.369 e. The molecule has 2 heterocycles. The molecule has 0 saturated carbocycles. The van der Waals surface area contributed by atoms with Crippen LogP contribution in [0.4, 0.5) is 0 Å². The molecule has 1 atom stereocenters.